The number of fused-ring (bicyclic) bond motifs is 12. The molecule has 0 saturated carbocycles. The molecule has 12 aromatic heterocycles. The topological polar surface area (TPSA) is 228 Å². The van der Waals surface area contributed by atoms with Gasteiger partial charge in [0.1, 0.15) is 21.7 Å². The Bertz CT molecular complexity index is 7320. The number of imidazole rings is 2. The van der Waals surface area contributed by atoms with Crippen LogP contribution < -0.4 is 28.9 Å². The van der Waals surface area contributed by atoms with Crippen LogP contribution in [0.1, 0.15) is 0 Å². The molecule has 0 N–H and O–H groups in total. The van der Waals surface area contributed by atoms with Gasteiger partial charge >= 0.3 is 0 Å². The summed E-state index contributed by atoms with van der Waals surface area (Å²) in [5.74, 6) is 7.13. The number of hydrogen-bond acceptors (Lipinski definition) is 22. The Balaban J connectivity index is 0.000000107. The Morgan fingerprint density at radius 2 is 0.516 bits per heavy atom. The van der Waals surface area contributed by atoms with Crippen molar-refractivity contribution in [2.45, 2.75) is 0 Å². The van der Waals surface area contributed by atoms with E-state index in [0.29, 0.717) is 45.5 Å². The number of pyridine rings is 6. The minimum absolute atomic E-state index is 0.450. The van der Waals surface area contributed by atoms with Gasteiger partial charge in [-0.3, -0.25) is 9.13 Å². The third-order valence-electron chi connectivity index (χ3n) is 21.9. The molecule has 0 radical (unpaired) electrons. The van der Waals surface area contributed by atoms with Gasteiger partial charge in [-0.25, -0.2) is 49.8 Å². The standard InChI is InChI=1S/C42H27N7O.C30H17N5O3.C30H17N5OS2/c1-3-13-30(14-4-1)48-35-19-11-23-43-39(35)45-41(48)28-25-29(42-46-40-36(20-12-24-44-40)49(42)31-15-5-2-6-16-31)27-32(26-28)47-33-17-7-9-21-37(33)50-38-22-10-8-18-34(38)47;2*1-3-9-23-21(7-1)35(22-8-2-4-10-24(22)36-23)20-16-18(29-33-27-25(37-29)11-5-13-31-27)15-19(17-20)30-34-28-26(38-30)12-6-14-32-28/h1-27H;2*1-17H. The first kappa shape index (κ1) is 72.8. The highest BCUT2D eigenvalue weighted by atomic mass is 32.1. The zero-order chi connectivity index (χ0) is 83.1. The summed E-state index contributed by atoms with van der Waals surface area (Å²) < 4.78 is 37.6. The van der Waals surface area contributed by atoms with Crippen molar-refractivity contribution in [3.8, 4) is 113 Å². The molecule has 0 bridgehead atoms. The van der Waals surface area contributed by atoms with Gasteiger partial charge in [0.15, 0.2) is 79.5 Å². The van der Waals surface area contributed by atoms with Crippen molar-refractivity contribution >= 4 is 139 Å². The van der Waals surface area contributed by atoms with Crippen LogP contribution in [0.5, 0.6) is 34.5 Å². The SMILES string of the molecule is c1ccc(-n2c(-c3cc(-c4nc5ncccc5n4-c4ccccc4)cc(N4c5ccccc5Oc5ccccc54)c3)nc3ncccc32)cc1.c1ccc2c(c1)Oc1ccccc1N2c1cc(-c2nc3ncccc3o2)cc(-c2nc3ncccc3o2)c1.c1ccc2c(c1)Oc1ccccc1N2c1cc(-c2nc3ncccc3s2)cc(-c2nc3ncccc3s2)c1. The average Bonchev–Trinajstić information content (AvgIpc) is 1.63. The second kappa shape index (κ2) is 30.5. The van der Waals surface area contributed by atoms with Crippen LogP contribution in [0.3, 0.4) is 0 Å². The first-order valence-corrected chi connectivity index (χ1v) is 42.1. The summed E-state index contributed by atoms with van der Waals surface area (Å²) in [6.45, 7) is 0. The molecule has 0 spiro atoms. The molecule has 24 heteroatoms. The molecule has 15 heterocycles. The fourth-order valence-electron chi connectivity index (χ4n) is 16.4. The quantitative estimate of drug-likeness (QED) is 0.117. The zero-order valence-electron chi connectivity index (χ0n) is 66.2. The van der Waals surface area contributed by atoms with Crippen molar-refractivity contribution in [1.82, 2.24) is 68.9 Å². The largest absolute Gasteiger partial charge is 0.453 e. The van der Waals surface area contributed by atoms with Gasteiger partial charge in [0.25, 0.3) is 0 Å². The average molecular weight is 1670 g/mol. The number of oxazole rings is 2. The Labute approximate surface area is 724 Å². The van der Waals surface area contributed by atoms with Gasteiger partial charge in [-0.1, -0.05) is 109 Å². The molecular weight excluding hydrogens is 1610 g/mol. The van der Waals surface area contributed by atoms with Gasteiger partial charge in [-0.15, -0.1) is 22.7 Å². The van der Waals surface area contributed by atoms with Crippen molar-refractivity contribution < 1.29 is 23.0 Å². The van der Waals surface area contributed by atoms with Gasteiger partial charge in [-0.2, -0.15) is 9.97 Å². The number of ether oxygens (including phenoxy) is 3. The fraction of sp³-hybridized carbons (Fsp3) is 0. The summed E-state index contributed by atoms with van der Waals surface area (Å²) in [6, 6.07) is 111. The number of para-hydroxylation sites is 14. The minimum Gasteiger partial charge on any atom is -0.453 e. The number of anilines is 9. The Morgan fingerprint density at radius 3 is 0.873 bits per heavy atom. The molecule has 11 aromatic carbocycles. The van der Waals surface area contributed by atoms with Gasteiger partial charge in [-0.05, 0) is 224 Å². The first-order chi connectivity index (χ1) is 62.4. The van der Waals surface area contributed by atoms with Crippen LogP contribution in [0, 0.1) is 0 Å². The number of aromatic nitrogens is 14. The molecule has 3 aliphatic rings. The van der Waals surface area contributed by atoms with Crippen LogP contribution in [0.2, 0.25) is 0 Å². The summed E-state index contributed by atoms with van der Waals surface area (Å²) >= 11 is 3.28. The maximum Gasteiger partial charge on any atom is 0.228 e. The Hall–Kier alpha value is -17.2. The third kappa shape index (κ3) is 13.0. The van der Waals surface area contributed by atoms with E-state index in [1.54, 1.807) is 59.9 Å². The lowest BCUT2D eigenvalue weighted by atomic mass is 10.0. The highest BCUT2D eigenvalue weighted by Gasteiger charge is 2.33. The lowest BCUT2D eigenvalue weighted by molar-refractivity contribution is 0.477. The van der Waals surface area contributed by atoms with Gasteiger partial charge in [0.2, 0.25) is 11.8 Å². The maximum atomic E-state index is 6.40. The van der Waals surface area contributed by atoms with Gasteiger partial charge in [0, 0.05) is 99.0 Å². The van der Waals surface area contributed by atoms with Crippen LogP contribution in [0.15, 0.2) is 380 Å². The number of rotatable bonds is 11. The highest BCUT2D eigenvalue weighted by Crippen LogP contribution is 2.56. The van der Waals surface area contributed by atoms with Crippen LogP contribution >= 0.6 is 22.7 Å². The molecule has 0 saturated heterocycles. The Kier molecular flexibility index (Phi) is 17.6. The molecule has 23 aromatic rings. The lowest BCUT2D eigenvalue weighted by Crippen LogP contribution is -2.16. The van der Waals surface area contributed by atoms with E-state index in [1.807, 2.05) is 224 Å². The molecule has 3 aliphatic heterocycles. The normalized spacial score (nSPS) is 12.3. The van der Waals surface area contributed by atoms with Crippen molar-refractivity contribution in [1.29, 1.82) is 0 Å². The molecule has 0 amide bonds. The predicted octanol–water partition coefficient (Wildman–Crippen LogP) is 26.3. The van der Waals surface area contributed by atoms with E-state index in [1.165, 1.54) is 0 Å². The molecule has 0 atom stereocenters. The fourth-order valence-corrected chi connectivity index (χ4v) is 18.2. The van der Waals surface area contributed by atoms with Crippen molar-refractivity contribution in [3.63, 3.8) is 0 Å². The monoisotopic (exact) mass is 1670 g/mol. The molecule has 26 rings (SSSR count). The minimum atomic E-state index is 0.450. The first-order valence-electron chi connectivity index (χ1n) is 40.5. The van der Waals surface area contributed by atoms with E-state index in [2.05, 4.69) is 173 Å². The third-order valence-corrected chi connectivity index (χ3v) is 24.0. The van der Waals surface area contributed by atoms with Crippen LogP contribution in [0.25, 0.3) is 144 Å². The van der Waals surface area contributed by atoms with E-state index in [0.717, 1.165) is 184 Å². The predicted molar refractivity (Wildman–Crippen MR) is 494 cm³/mol. The highest BCUT2D eigenvalue weighted by molar-refractivity contribution is 7.22. The number of benzene rings is 11. The molecule has 0 fully saturated rings. The van der Waals surface area contributed by atoms with Crippen LogP contribution in [-0.4, -0.2) is 68.9 Å². The van der Waals surface area contributed by atoms with E-state index in [4.69, 9.17) is 43.0 Å². The van der Waals surface area contributed by atoms with E-state index in [-0.39, 0.29) is 0 Å². The van der Waals surface area contributed by atoms with Gasteiger partial charge < -0.3 is 37.7 Å². The smallest absolute Gasteiger partial charge is 0.228 e. The second-order valence-corrected chi connectivity index (χ2v) is 31.8. The van der Waals surface area contributed by atoms with E-state index < -0.39 is 0 Å². The summed E-state index contributed by atoms with van der Waals surface area (Å²) in [6.07, 6.45) is 10.5. The molecular formula is C102H61N17O5S2. The number of hydrogen-bond donors (Lipinski definition) is 0. The van der Waals surface area contributed by atoms with Crippen molar-refractivity contribution in [3.05, 3.63) is 371 Å². The van der Waals surface area contributed by atoms with E-state index in [9.17, 15) is 0 Å². The molecule has 126 heavy (non-hydrogen) atoms. The zero-order valence-corrected chi connectivity index (χ0v) is 67.8. The van der Waals surface area contributed by atoms with Crippen LogP contribution in [-0.2, 0) is 0 Å². The number of thiazole rings is 2. The van der Waals surface area contributed by atoms with Crippen LogP contribution in [0.4, 0.5) is 51.2 Å². The number of nitrogens with zero attached hydrogens (tertiary/aromatic N) is 17. The van der Waals surface area contributed by atoms with E-state index >= 15 is 0 Å². The summed E-state index contributed by atoms with van der Waals surface area (Å²) in [4.78, 5) is 63.0. The summed E-state index contributed by atoms with van der Waals surface area (Å²) in [5.41, 5.74) is 22.8. The molecule has 0 unspecified atom stereocenters. The summed E-state index contributed by atoms with van der Waals surface area (Å²) in [5, 5.41) is 1.83. The molecule has 596 valence electrons. The summed E-state index contributed by atoms with van der Waals surface area (Å²) in [7, 11) is 0. The lowest BCUT2D eigenvalue weighted by Gasteiger charge is -2.33. The maximum absolute atomic E-state index is 6.40. The molecule has 22 nitrogen and oxygen atoms in total. The molecule has 0 aliphatic carbocycles. The van der Waals surface area contributed by atoms with Gasteiger partial charge in [0.05, 0.1) is 54.6 Å². The second-order valence-electron chi connectivity index (χ2n) is 29.7. The van der Waals surface area contributed by atoms with Crippen molar-refractivity contribution in [2.24, 2.45) is 0 Å². The van der Waals surface area contributed by atoms with Crippen molar-refractivity contribution in [2.75, 3.05) is 14.7 Å². The Morgan fingerprint density at radius 1 is 0.222 bits per heavy atom.